The summed E-state index contributed by atoms with van der Waals surface area (Å²) in [7, 11) is 1.06. The van der Waals surface area contributed by atoms with E-state index in [1.54, 1.807) is 41.3 Å². The number of amides is 1. The van der Waals surface area contributed by atoms with Crippen LogP contribution in [0.1, 0.15) is 5.56 Å². The van der Waals surface area contributed by atoms with E-state index in [0.29, 0.717) is 16.2 Å². The third-order valence-corrected chi connectivity index (χ3v) is 4.66. The summed E-state index contributed by atoms with van der Waals surface area (Å²) in [5.41, 5.74) is 1.06. The quantitative estimate of drug-likeness (QED) is 0.704. The summed E-state index contributed by atoms with van der Waals surface area (Å²) in [5, 5.41) is 0.149. The van der Waals surface area contributed by atoms with Gasteiger partial charge in [-0.15, -0.1) is 0 Å². The molecule has 0 fully saturated rings. The molecule has 0 spiro atoms. The van der Waals surface area contributed by atoms with Crippen molar-refractivity contribution in [3.63, 3.8) is 0 Å². The second-order valence-electron chi connectivity index (χ2n) is 6.20. The van der Waals surface area contributed by atoms with Crippen molar-refractivity contribution >= 4 is 34.9 Å². The van der Waals surface area contributed by atoms with Gasteiger partial charge < -0.3 is 9.64 Å². The molecular formula is C19H16ClF3N2O3. The summed E-state index contributed by atoms with van der Waals surface area (Å²) in [6, 6.07) is 11.7. The number of esters is 1. The molecule has 1 heterocycles. The molecule has 1 unspecified atom stereocenters. The first-order valence-corrected chi connectivity index (χ1v) is 8.67. The fourth-order valence-electron chi connectivity index (χ4n) is 3.16. The van der Waals surface area contributed by atoms with Gasteiger partial charge >= 0.3 is 18.1 Å². The first kappa shape index (κ1) is 20.0. The minimum absolute atomic E-state index is 0.0661. The average molecular weight is 413 g/mol. The summed E-state index contributed by atoms with van der Waals surface area (Å²) >= 11 is 5.98. The molecule has 0 radical (unpaired) electrons. The minimum Gasteiger partial charge on any atom is -0.467 e. The van der Waals surface area contributed by atoms with Gasteiger partial charge in [0.05, 0.1) is 12.8 Å². The number of fused-ring (bicyclic) bond motifs is 1. The van der Waals surface area contributed by atoms with Gasteiger partial charge in [0.25, 0.3) is 0 Å². The Hall–Kier alpha value is -2.74. The number of para-hydroxylation sites is 1. The Morgan fingerprint density at radius 1 is 1.14 bits per heavy atom. The van der Waals surface area contributed by atoms with Crippen molar-refractivity contribution in [2.45, 2.75) is 18.8 Å². The van der Waals surface area contributed by atoms with Gasteiger partial charge in [-0.1, -0.05) is 35.9 Å². The fourth-order valence-corrected chi connectivity index (χ4v) is 3.33. The normalized spacial score (nSPS) is 17.0. The van der Waals surface area contributed by atoms with Crippen LogP contribution < -0.4 is 9.80 Å². The largest absolute Gasteiger partial charge is 0.471 e. The molecule has 5 nitrogen and oxygen atoms in total. The van der Waals surface area contributed by atoms with E-state index < -0.39 is 24.1 Å². The van der Waals surface area contributed by atoms with E-state index in [-0.39, 0.29) is 23.8 Å². The number of alkyl halides is 3. The van der Waals surface area contributed by atoms with Gasteiger partial charge in [0.1, 0.15) is 0 Å². The lowest BCUT2D eigenvalue weighted by Crippen LogP contribution is -2.54. The number of hydrogen-bond acceptors (Lipinski definition) is 4. The zero-order valence-corrected chi connectivity index (χ0v) is 15.5. The third kappa shape index (κ3) is 3.91. The average Bonchev–Trinajstić information content (AvgIpc) is 2.83. The molecule has 148 valence electrons. The van der Waals surface area contributed by atoms with Crippen molar-refractivity contribution in [3.8, 4) is 0 Å². The molecule has 1 aliphatic rings. The van der Waals surface area contributed by atoms with Crippen LogP contribution in [0, 0.1) is 0 Å². The van der Waals surface area contributed by atoms with Gasteiger partial charge in [-0.3, -0.25) is 9.69 Å². The van der Waals surface area contributed by atoms with Crippen LogP contribution in [0.5, 0.6) is 0 Å². The highest BCUT2D eigenvalue weighted by Gasteiger charge is 2.49. The van der Waals surface area contributed by atoms with Crippen molar-refractivity contribution in [1.29, 1.82) is 0 Å². The number of benzene rings is 2. The van der Waals surface area contributed by atoms with Gasteiger partial charge in [-0.05, 0) is 29.8 Å². The Morgan fingerprint density at radius 3 is 2.43 bits per heavy atom. The molecule has 1 amide bonds. The molecule has 0 aromatic heterocycles. The summed E-state index contributed by atoms with van der Waals surface area (Å²) in [6.45, 7) is 0.0104. The van der Waals surface area contributed by atoms with Crippen LogP contribution in [0.3, 0.4) is 0 Å². The molecule has 28 heavy (non-hydrogen) atoms. The Bertz CT molecular complexity index is 890. The van der Waals surface area contributed by atoms with Crippen LogP contribution in [0.25, 0.3) is 0 Å². The number of halogens is 4. The molecule has 0 saturated heterocycles. The van der Waals surface area contributed by atoms with Crippen LogP contribution in [0.15, 0.2) is 48.5 Å². The maximum atomic E-state index is 13.3. The summed E-state index contributed by atoms with van der Waals surface area (Å²) < 4.78 is 44.7. The fraction of sp³-hybridized carbons (Fsp3) is 0.263. The SMILES string of the molecule is COC(=O)C1CN(c2ccccc2)Cc2ccc(Cl)cc2N1C(=O)C(F)(F)F. The number of methoxy groups -OCH3 is 1. The zero-order chi connectivity index (χ0) is 20.5. The molecule has 0 bridgehead atoms. The molecule has 0 saturated carbocycles. The van der Waals surface area contributed by atoms with Crippen LogP contribution in [0.4, 0.5) is 24.5 Å². The van der Waals surface area contributed by atoms with Crippen LogP contribution in [-0.4, -0.2) is 37.7 Å². The minimum atomic E-state index is -5.17. The van der Waals surface area contributed by atoms with Crippen LogP contribution in [0.2, 0.25) is 5.02 Å². The van der Waals surface area contributed by atoms with Crippen molar-refractivity contribution in [2.75, 3.05) is 23.5 Å². The monoisotopic (exact) mass is 412 g/mol. The number of ether oxygens (including phenoxy) is 1. The van der Waals surface area contributed by atoms with E-state index in [1.807, 2.05) is 0 Å². The van der Waals surface area contributed by atoms with E-state index in [1.165, 1.54) is 12.1 Å². The lowest BCUT2D eigenvalue weighted by Gasteiger charge is -2.31. The van der Waals surface area contributed by atoms with Crippen molar-refractivity contribution in [1.82, 2.24) is 0 Å². The van der Waals surface area contributed by atoms with Crippen molar-refractivity contribution in [3.05, 3.63) is 59.1 Å². The number of hydrogen-bond donors (Lipinski definition) is 0. The van der Waals surface area contributed by atoms with Gasteiger partial charge in [0.15, 0.2) is 6.04 Å². The molecule has 2 aromatic carbocycles. The first-order chi connectivity index (χ1) is 13.2. The van der Waals surface area contributed by atoms with Crippen molar-refractivity contribution < 1.29 is 27.5 Å². The Morgan fingerprint density at radius 2 is 1.82 bits per heavy atom. The van der Waals surface area contributed by atoms with Gasteiger partial charge in [0, 0.05) is 23.8 Å². The standard InChI is InChI=1S/C19H16ClF3N2O3/c1-28-17(26)16-11-24(14-5-3-2-4-6-14)10-12-7-8-13(20)9-15(12)25(16)18(27)19(21,22)23/h2-9,16H,10-11H2,1H3. The first-order valence-electron chi connectivity index (χ1n) is 8.29. The molecule has 0 aliphatic carbocycles. The van der Waals surface area contributed by atoms with Gasteiger partial charge in [-0.25, -0.2) is 4.79 Å². The number of rotatable bonds is 2. The molecule has 3 rings (SSSR count). The van der Waals surface area contributed by atoms with Gasteiger partial charge in [0.2, 0.25) is 0 Å². The maximum Gasteiger partial charge on any atom is 0.471 e. The molecular weight excluding hydrogens is 397 g/mol. The molecule has 9 heteroatoms. The van der Waals surface area contributed by atoms with Crippen LogP contribution >= 0.6 is 11.6 Å². The topological polar surface area (TPSA) is 49.9 Å². The maximum absolute atomic E-state index is 13.3. The Kier molecular flexibility index (Phi) is 5.51. The predicted octanol–water partition coefficient (Wildman–Crippen LogP) is 3.80. The number of carbonyl (C=O) groups excluding carboxylic acids is 2. The number of anilines is 2. The second kappa shape index (κ2) is 7.71. The molecule has 1 atom stereocenters. The van der Waals surface area contributed by atoms with E-state index >= 15 is 0 Å². The van der Waals surface area contributed by atoms with E-state index in [0.717, 1.165) is 7.11 Å². The van der Waals surface area contributed by atoms with E-state index in [2.05, 4.69) is 0 Å². The smallest absolute Gasteiger partial charge is 0.467 e. The van der Waals surface area contributed by atoms with Crippen LogP contribution in [-0.2, 0) is 20.9 Å². The molecule has 2 aromatic rings. The highest BCUT2D eigenvalue weighted by atomic mass is 35.5. The second-order valence-corrected chi connectivity index (χ2v) is 6.64. The zero-order valence-electron chi connectivity index (χ0n) is 14.7. The summed E-state index contributed by atoms with van der Waals surface area (Å²) in [4.78, 5) is 26.8. The summed E-state index contributed by atoms with van der Waals surface area (Å²) in [6.07, 6.45) is -5.17. The van der Waals surface area contributed by atoms with Crippen molar-refractivity contribution in [2.24, 2.45) is 0 Å². The third-order valence-electron chi connectivity index (χ3n) is 4.43. The highest BCUT2D eigenvalue weighted by molar-refractivity contribution is 6.31. The van der Waals surface area contributed by atoms with E-state index in [9.17, 15) is 22.8 Å². The molecule has 1 aliphatic heterocycles. The number of nitrogens with zero attached hydrogens (tertiary/aromatic N) is 2. The summed E-state index contributed by atoms with van der Waals surface area (Å²) in [5.74, 6) is -3.10. The van der Waals surface area contributed by atoms with E-state index in [4.69, 9.17) is 16.3 Å². The number of carbonyl (C=O) groups is 2. The van der Waals surface area contributed by atoms with Gasteiger partial charge in [-0.2, -0.15) is 13.2 Å². The molecule has 0 N–H and O–H groups in total. The lowest BCUT2D eigenvalue weighted by atomic mass is 10.1. The lowest BCUT2D eigenvalue weighted by molar-refractivity contribution is -0.171. The highest BCUT2D eigenvalue weighted by Crippen LogP contribution is 2.35. The Labute approximate surface area is 164 Å². The Balaban J connectivity index is 2.18. The predicted molar refractivity (Wildman–Crippen MR) is 98.3 cm³/mol.